The van der Waals surface area contributed by atoms with E-state index in [9.17, 15) is 0 Å². The van der Waals surface area contributed by atoms with Crippen LogP contribution in [0.25, 0.3) is 54.7 Å². The topological polar surface area (TPSA) is 37.4 Å². The van der Waals surface area contributed by atoms with Crippen LogP contribution in [-0.4, -0.2) is 15.6 Å². The molecule has 328 valence electrons. The lowest BCUT2D eigenvalue weighted by Crippen LogP contribution is -2.17. The molecule has 9 aromatic rings. The molecule has 67 heavy (non-hydrogen) atoms. The molecular weight excluding hydrogens is 819 g/mol. The van der Waals surface area contributed by atoms with E-state index in [0.717, 1.165) is 72.8 Å². The van der Waals surface area contributed by atoms with Gasteiger partial charge in [-0.15, -0.1) is 0 Å². The van der Waals surface area contributed by atoms with Crippen LogP contribution in [-0.2, 0) is 16.2 Å². The summed E-state index contributed by atoms with van der Waals surface area (Å²) in [5.41, 5.74) is 14.5. The highest BCUT2D eigenvalue weighted by molar-refractivity contribution is 6.10. The van der Waals surface area contributed by atoms with Gasteiger partial charge in [0.15, 0.2) is 5.69 Å². The molecule has 1 aliphatic rings. The Bertz CT molecular complexity index is 3510. The minimum atomic E-state index is -0.0805. The first kappa shape index (κ1) is 43.1. The molecule has 3 heterocycles. The number of benzene rings is 7. The highest BCUT2D eigenvalue weighted by Crippen LogP contribution is 2.46. The van der Waals surface area contributed by atoms with Gasteiger partial charge >= 0.3 is 11.7 Å². The summed E-state index contributed by atoms with van der Waals surface area (Å²) in [4.78, 5) is 8.73. The van der Waals surface area contributed by atoms with Gasteiger partial charge in [-0.1, -0.05) is 135 Å². The standard InChI is InChI=1S/C61H55N5O/c1-59(2,3)43-29-30-63-57(36-43)66-54-28-25-41(40-17-12-11-13-18-40)32-53(54)52-27-26-50(38-56(52)66)67-49-22-15-21-47(37-49)64-39-65(48-34-44(60(4,5)6)33-45(35-48)61(7,8)9)58-51(23-16-24-55(58)64)42-19-14-20-46(31-42)62-10/h11-38H,1-9H3/q+2. The normalized spacial score (nSPS) is 12.8. The van der Waals surface area contributed by atoms with E-state index in [4.69, 9.17) is 16.3 Å². The van der Waals surface area contributed by atoms with Crippen molar-refractivity contribution in [2.75, 3.05) is 0 Å². The lowest BCUT2D eigenvalue weighted by molar-refractivity contribution is 0.483. The van der Waals surface area contributed by atoms with Crippen LogP contribution in [0.2, 0.25) is 0 Å². The largest absolute Gasteiger partial charge is 0.503 e. The van der Waals surface area contributed by atoms with Crippen molar-refractivity contribution in [1.82, 2.24) is 18.7 Å². The fourth-order valence-corrected chi connectivity index (χ4v) is 9.07. The number of ether oxygens (including phenoxy) is 1. The second-order valence-electron chi connectivity index (χ2n) is 20.7. The molecule has 6 heteroatoms. The minimum Gasteiger partial charge on any atom is -0.457 e. The number of rotatable bonds is 7. The van der Waals surface area contributed by atoms with Gasteiger partial charge < -0.3 is 4.74 Å². The molecule has 7 aromatic carbocycles. The number of fused-ring (bicyclic) bond motifs is 4. The molecule has 0 saturated carbocycles. The fourth-order valence-electron chi connectivity index (χ4n) is 9.07. The summed E-state index contributed by atoms with van der Waals surface area (Å²) in [6.45, 7) is 28.1. The summed E-state index contributed by atoms with van der Waals surface area (Å²) in [6.07, 6.45) is 1.92. The maximum atomic E-state index is 7.80. The first-order chi connectivity index (χ1) is 32.0. The zero-order valence-electron chi connectivity index (χ0n) is 39.8. The predicted molar refractivity (Wildman–Crippen MR) is 279 cm³/mol. The van der Waals surface area contributed by atoms with Crippen molar-refractivity contribution in [3.63, 3.8) is 0 Å². The van der Waals surface area contributed by atoms with Crippen LogP contribution < -0.4 is 13.9 Å². The summed E-state index contributed by atoms with van der Waals surface area (Å²) >= 11 is 0. The maximum absolute atomic E-state index is 7.80. The van der Waals surface area contributed by atoms with Crippen LogP contribution in [0.5, 0.6) is 11.5 Å². The van der Waals surface area contributed by atoms with Crippen molar-refractivity contribution >= 4 is 56.3 Å². The van der Waals surface area contributed by atoms with E-state index in [-0.39, 0.29) is 16.2 Å². The van der Waals surface area contributed by atoms with E-state index < -0.39 is 0 Å². The number of para-hydroxylation sites is 1. The van der Waals surface area contributed by atoms with Crippen LogP contribution in [0.3, 0.4) is 0 Å². The molecule has 0 N–H and O–H groups in total. The van der Waals surface area contributed by atoms with E-state index in [2.05, 4.69) is 220 Å². The molecule has 0 aliphatic carbocycles. The van der Waals surface area contributed by atoms with Crippen molar-refractivity contribution in [2.24, 2.45) is 0 Å². The third kappa shape index (κ3) is 8.14. The summed E-state index contributed by atoms with van der Waals surface area (Å²) in [5.74, 6) is 2.28. The van der Waals surface area contributed by atoms with Crippen LogP contribution in [0.4, 0.5) is 28.4 Å². The van der Waals surface area contributed by atoms with E-state index in [1.807, 2.05) is 36.5 Å². The molecule has 0 saturated heterocycles. The highest BCUT2D eigenvalue weighted by Gasteiger charge is 2.40. The molecule has 2 aromatic heterocycles. The molecule has 0 radical (unpaired) electrons. The summed E-state index contributed by atoms with van der Waals surface area (Å²) in [6, 6.07) is 61.2. The summed E-state index contributed by atoms with van der Waals surface area (Å²) < 4.78 is 13.4. The quantitative estimate of drug-likeness (QED) is 0.118. The number of hydrogen-bond donors (Lipinski definition) is 0. The molecule has 6 nitrogen and oxygen atoms in total. The number of aromatic nitrogens is 2. The Hall–Kier alpha value is -7.84. The second kappa shape index (κ2) is 16.2. The monoisotopic (exact) mass is 873 g/mol. The molecule has 0 spiro atoms. The van der Waals surface area contributed by atoms with Gasteiger partial charge in [0.2, 0.25) is 11.4 Å². The van der Waals surface area contributed by atoms with Crippen LogP contribution in [0, 0.1) is 6.57 Å². The third-order valence-corrected chi connectivity index (χ3v) is 12.9. The van der Waals surface area contributed by atoms with Gasteiger partial charge in [0.1, 0.15) is 17.3 Å². The van der Waals surface area contributed by atoms with E-state index in [1.165, 1.54) is 22.3 Å². The Balaban J connectivity index is 1.11. The zero-order valence-corrected chi connectivity index (χ0v) is 39.8. The zero-order chi connectivity index (χ0) is 46.8. The van der Waals surface area contributed by atoms with Gasteiger partial charge in [-0.2, -0.15) is 0 Å². The Morgan fingerprint density at radius 1 is 0.522 bits per heavy atom. The Kier molecular flexibility index (Phi) is 10.4. The average Bonchev–Trinajstić information content (AvgIpc) is 3.87. The first-order valence-corrected chi connectivity index (χ1v) is 23.1. The molecule has 0 unspecified atom stereocenters. The highest BCUT2D eigenvalue weighted by atomic mass is 16.5. The Labute approximate surface area is 394 Å². The van der Waals surface area contributed by atoms with Crippen molar-refractivity contribution < 1.29 is 4.74 Å². The first-order valence-electron chi connectivity index (χ1n) is 23.1. The smallest absolute Gasteiger partial charge is 0.457 e. The van der Waals surface area contributed by atoms with Crippen LogP contribution in [0.1, 0.15) is 79.0 Å². The number of nitrogens with zero attached hydrogens (tertiary/aromatic N) is 5. The van der Waals surface area contributed by atoms with Crippen LogP contribution >= 0.6 is 0 Å². The SMILES string of the molecule is [C-]#[N+]c1cccc(-c2cccc3c2[N+](c2cc(C(C)(C)C)cc(C(C)(C)C)c2)=C=[N+]3c2cccc(Oc3ccc4c5cc(-c6ccccc6)ccc5n(-c5cc(C(C)(C)C)ccn5)c4c3)c2)c1. The molecule has 0 bridgehead atoms. The van der Waals surface area contributed by atoms with Crippen molar-refractivity contribution in [3.8, 4) is 39.6 Å². The fraction of sp³-hybridized carbons (Fsp3) is 0.197. The molecule has 10 rings (SSSR count). The molecule has 0 fully saturated rings. The van der Waals surface area contributed by atoms with E-state index in [1.54, 1.807) is 0 Å². The predicted octanol–water partition coefficient (Wildman–Crippen LogP) is 16.6. The second-order valence-corrected chi connectivity index (χ2v) is 20.7. The van der Waals surface area contributed by atoms with E-state index >= 15 is 0 Å². The Morgan fingerprint density at radius 2 is 1.22 bits per heavy atom. The lowest BCUT2D eigenvalue weighted by atomic mass is 9.80. The Morgan fingerprint density at radius 3 is 1.96 bits per heavy atom. The lowest BCUT2D eigenvalue weighted by Gasteiger charge is -2.24. The number of pyridine rings is 1. The minimum absolute atomic E-state index is 0.0468. The van der Waals surface area contributed by atoms with Crippen molar-refractivity contribution in [1.29, 1.82) is 0 Å². The molecule has 0 amide bonds. The molecular formula is C61H55N5O+2. The van der Waals surface area contributed by atoms with Crippen molar-refractivity contribution in [2.45, 2.75) is 78.6 Å². The van der Waals surface area contributed by atoms with Crippen molar-refractivity contribution in [3.05, 3.63) is 198 Å². The van der Waals surface area contributed by atoms with Gasteiger partial charge in [0, 0.05) is 47.3 Å². The van der Waals surface area contributed by atoms with Gasteiger partial charge in [-0.25, -0.2) is 9.83 Å². The van der Waals surface area contributed by atoms with Gasteiger partial charge in [-0.05, 0) is 113 Å². The van der Waals surface area contributed by atoms with Crippen LogP contribution in [0.15, 0.2) is 170 Å². The van der Waals surface area contributed by atoms with Gasteiger partial charge in [0.25, 0.3) is 5.69 Å². The average molecular weight is 874 g/mol. The summed E-state index contributed by atoms with van der Waals surface area (Å²) in [5, 5.41) is 2.27. The molecule has 1 aliphatic heterocycles. The van der Waals surface area contributed by atoms with Gasteiger partial charge in [0.05, 0.1) is 29.2 Å². The van der Waals surface area contributed by atoms with Gasteiger partial charge in [-0.3, -0.25) is 4.57 Å². The number of hydrogen-bond acceptors (Lipinski definition) is 2. The molecule has 0 atom stereocenters. The van der Waals surface area contributed by atoms with E-state index in [0.29, 0.717) is 11.4 Å². The summed E-state index contributed by atoms with van der Waals surface area (Å²) in [7, 11) is 0. The third-order valence-electron chi connectivity index (χ3n) is 12.9. The maximum Gasteiger partial charge on any atom is 0.503 e.